The number of furan rings is 1. The van der Waals surface area contributed by atoms with Crippen LogP contribution in [0.25, 0.3) is 23.5 Å². The van der Waals surface area contributed by atoms with Gasteiger partial charge >= 0.3 is 16.9 Å². The van der Waals surface area contributed by atoms with Crippen molar-refractivity contribution < 1.29 is 14.1 Å². The molecule has 2 N–H and O–H groups in total. The summed E-state index contributed by atoms with van der Waals surface area (Å²) in [6, 6.07) is 8.44. The van der Waals surface area contributed by atoms with Gasteiger partial charge in [0.2, 0.25) is 0 Å². The van der Waals surface area contributed by atoms with Crippen LogP contribution in [-0.4, -0.2) is 22.0 Å². The number of benzene rings is 1. The summed E-state index contributed by atoms with van der Waals surface area (Å²) in [7, 11) is 1.51. The van der Waals surface area contributed by atoms with Gasteiger partial charge < -0.3 is 14.1 Å². The molecular weight excluding hydrogens is 378 g/mol. The number of hydrogen-bond donors (Lipinski definition) is 2. The predicted molar refractivity (Wildman–Crippen MR) is 99.0 cm³/mol. The van der Waals surface area contributed by atoms with E-state index >= 15 is 0 Å². The molecule has 0 fully saturated rings. The van der Waals surface area contributed by atoms with Gasteiger partial charge in [-0.1, -0.05) is 11.6 Å². The zero-order valence-corrected chi connectivity index (χ0v) is 14.6. The Labute approximate surface area is 156 Å². The Bertz CT molecular complexity index is 1160. The Balaban J connectivity index is 1.93. The third-order valence-corrected chi connectivity index (χ3v) is 3.90. The number of aromatic amines is 2. The van der Waals surface area contributed by atoms with E-state index in [1.165, 1.54) is 19.3 Å². The van der Waals surface area contributed by atoms with Gasteiger partial charge in [0, 0.05) is 5.56 Å². The molecule has 0 spiro atoms. The van der Waals surface area contributed by atoms with E-state index in [9.17, 15) is 19.7 Å². The van der Waals surface area contributed by atoms with Gasteiger partial charge in [-0.25, -0.2) is 4.79 Å². The minimum atomic E-state index is -1.09. The van der Waals surface area contributed by atoms with Crippen LogP contribution in [0.2, 0.25) is 5.02 Å². The Morgan fingerprint density at radius 1 is 1.19 bits per heavy atom. The van der Waals surface area contributed by atoms with Crippen molar-refractivity contribution in [2.75, 3.05) is 7.11 Å². The van der Waals surface area contributed by atoms with E-state index in [0.29, 0.717) is 27.9 Å². The summed E-state index contributed by atoms with van der Waals surface area (Å²) in [5.74, 6) is 1.39. The Hall–Kier alpha value is -3.59. The quantitative estimate of drug-likeness (QED) is 0.509. The van der Waals surface area contributed by atoms with Crippen LogP contribution in [0.1, 0.15) is 11.5 Å². The van der Waals surface area contributed by atoms with Crippen LogP contribution in [0.15, 0.2) is 44.3 Å². The number of nitrogens with one attached hydrogen (secondary N) is 2. The summed E-state index contributed by atoms with van der Waals surface area (Å²) >= 11 is 6.09. The first-order valence-electron chi connectivity index (χ1n) is 7.52. The second-order valence-corrected chi connectivity index (χ2v) is 5.72. The fourth-order valence-electron chi connectivity index (χ4n) is 2.38. The Kier molecular flexibility index (Phi) is 4.95. The summed E-state index contributed by atoms with van der Waals surface area (Å²) in [4.78, 5) is 37.1. The first-order valence-corrected chi connectivity index (χ1v) is 7.89. The fraction of sp³-hybridized carbons (Fsp3) is 0.0588. The number of H-pyrrole nitrogens is 2. The smallest absolute Gasteiger partial charge is 0.357 e. The Morgan fingerprint density at radius 3 is 2.63 bits per heavy atom. The molecule has 0 bridgehead atoms. The number of nitrogens with zero attached hydrogens (tertiary/aromatic N) is 1. The highest BCUT2D eigenvalue weighted by Crippen LogP contribution is 2.31. The second kappa shape index (κ2) is 7.34. The minimum Gasteiger partial charge on any atom is -0.495 e. The SMILES string of the molecule is COc1ccc(-c2ccc(C=Cc3[nH]c(=O)[nH]c(=O)c3[N+](=O)[O-])o2)cc1Cl. The van der Waals surface area contributed by atoms with Crippen molar-refractivity contribution in [3.63, 3.8) is 0 Å². The van der Waals surface area contributed by atoms with Crippen molar-refractivity contribution in [1.82, 2.24) is 9.97 Å². The summed E-state index contributed by atoms with van der Waals surface area (Å²) in [5.41, 5.74) is -2.23. The lowest BCUT2D eigenvalue weighted by molar-refractivity contribution is -0.386. The van der Waals surface area contributed by atoms with Gasteiger partial charge in [0.25, 0.3) is 0 Å². The molecule has 0 aliphatic heterocycles. The lowest BCUT2D eigenvalue weighted by Gasteiger charge is -2.04. The monoisotopic (exact) mass is 389 g/mol. The standard InChI is InChI=1S/C17H12ClN3O6/c1-26-14-6-2-9(8-11(14)18)13-7-4-10(27-13)3-5-12-15(21(24)25)16(22)20-17(23)19-12/h2-8H,1H3,(H2,19,20,22,23). The van der Waals surface area contributed by atoms with Gasteiger partial charge in [-0.3, -0.25) is 19.9 Å². The molecule has 0 radical (unpaired) electrons. The van der Waals surface area contributed by atoms with Crippen molar-refractivity contribution >= 4 is 29.4 Å². The summed E-state index contributed by atoms with van der Waals surface area (Å²) < 4.78 is 10.7. The highest BCUT2D eigenvalue weighted by Gasteiger charge is 2.18. The molecule has 27 heavy (non-hydrogen) atoms. The zero-order chi connectivity index (χ0) is 19.6. The number of methoxy groups -OCH3 is 1. The molecule has 1 aromatic carbocycles. The van der Waals surface area contributed by atoms with Crippen molar-refractivity contribution in [2.45, 2.75) is 0 Å². The van der Waals surface area contributed by atoms with Gasteiger partial charge in [-0.2, -0.15) is 0 Å². The van der Waals surface area contributed by atoms with Crippen LogP contribution in [0.5, 0.6) is 5.75 Å². The highest BCUT2D eigenvalue weighted by molar-refractivity contribution is 6.32. The number of ether oxygens (including phenoxy) is 1. The molecule has 0 aliphatic carbocycles. The van der Waals surface area contributed by atoms with Crippen LogP contribution >= 0.6 is 11.6 Å². The average Bonchev–Trinajstić information content (AvgIpc) is 3.08. The molecule has 0 unspecified atom stereocenters. The lowest BCUT2D eigenvalue weighted by atomic mass is 10.2. The summed E-state index contributed by atoms with van der Waals surface area (Å²) in [6.07, 6.45) is 2.62. The summed E-state index contributed by atoms with van der Waals surface area (Å²) in [6.45, 7) is 0. The van der Waals surface area contributed by atoms with E-state index in [0.717, 1.165) is 0 Å². The van der Waals surface area contributed by atoms with E-state index < -0.39 is 21.9 Å². The van der Waals surface area contributed by atoms with E-state index in [1.807, 2.05) is 4.98 Å². The van der Waals surface area contributed by atoms with E-state index in [4.69, 9.17) is 20.8 Å². The van der Waals surface area contributed by atoms with Crippen molar-refractivity contribution in [2.24, 2.45) is 0 Å². The first kappa shape index (κ1) is 18.2. The number of aromatic nitrogens is 2. The molecule has 10 heteroatoms. The van der Waals surface area contributed by atoms with Crippen molar-refractivity contribution in [1.29, 1.82) is 0 Å². The molecule has 0 amide bonds. The normalized spacial score (nSPS) is 11.0. The van der Waals surface area contributed by atoms with Gasteiger partial charge in [-0.15, -0.1) is 0 Å². The number of hydrogen-bond acceptors (Lipinski definition) is 6. The van der Waals surface area contributed by atoms with Gasteiger partial charge in [0.05, 0.1) is 17.1 Å². The Morgan fingerprint density at radius 2 is 1.96 bits per heavy atom. The molecule has 0 saturated heterocycles. The number of rotatable bonds is 5. The largest absolute Gasteiger partial charge is 0.495 e. The maximum Gasteiger partial charge on any atom is 0.357 e. The van der Waals surface area contributed by atoms with E-state index in [2.05, 4.69) is 4.98 Å². The molecular formula is C17H12ClN3O6. The van der Waals surface area contributed by atoms with Gasteiger partial charge in [0.1, 0.15) is 23.0 Å². The van der Waals surface area contributed by atoms with Crippen LogP contribution in [0.3, 0.4) is 0 Å². The number of halogens is 1. The molecule has 3 rings (SSSR count). The van der Waals surface area contributed by atoms with Gasteiger partial charge in [0.15, 0.2) is 0 Å². The predicted octanol–water partition coefficient (Wildman–Crippen LogP) is 3.06. The maximum atomic E-state index is 11.6. The topological polar surface area (TPSA) is 131 Å². The molecule has 0 aliphatic rings. The molecule has 0 saturated carbocycles. The second-order valence-electron chi connectivity index (χ2n) is 5.31. The van der Waals surface area contributed by atoms with Crippen molar-refractivity contribution in [3.8, 4) is 17.1 Å². The molecule has 0 atom stereocenters. The van der Waals surface area contributed by atoms with Crippen molar-refractivity contribution in [3.05, 3.63) is 77.8 Å². The molecule has 3 aromatic rings. The van der Waals surface area contributed by atoms with Crippen LogP contribution < -0.4 is 16.0 Å². The van der Waals surface area contributed by atoms with Crippen LogP contribution in [0, 0.1) is 10.1 Å². The van der Waals surface area contributed by atoms with E-state index in [-0.39, 0.29) is 5.69 Å². The maximum absolute atomic E-state index is 11.6. The van der Waals surface area contributed by atoms with E-state index in [1.54, 1.807) is 30.3 Å². The lowest BCUT2D eigenvalue weighted by Crippen LogP contribution is -2.25. The zero-order valence-electron chi connectivity index (χ0n) is 13.8. The number of nitro groups is 1. The first-order chi connectivity index (χ1) is 12.9. The third kappa shape index (κ3) is 3.82. The fourth-order valence-corrected chi connectivity index (χ4v) is 2.64. The highest BCUT2D eigenvalue weighted by atomic mass is 35.5. The van der Waals surface area contributed by atoms with Gasteiger partial charge in [-0.05, 0) is 42.5 Å². The molecule has 9 nitrogen and oxygen atoms in total. The summed E-state index contributed by atoms with van der Waals surface area (Å²) in [5, 5.41) is 11.4. The molecule has 2 aromatic heterocycles. The van der Waals surface area contributed by atoms with Crippen LogP contribution in [-0.2, 0) is 0 Å². The minimum absolute atomic E-state index is 0.237. The third-order valence-electron chi connectivity index (χ3n) is 3.61. The van der Waals surface area contributed by atoms with Crippen LogP contribution in [0.4, 0.5) is 5.69 Å². The molecule has 138 valence electrons. The molecule has 2 heterocycles. The average molecular weight is 390 g/mol.